The Labute approximate surface area is 92.9 Å². The lowest BCUT2D eigenvalue weighted by atomic mass is 10.4. The van der Waals surface area contributed by atoms with Crippen LogP contribution in [0.2, 0.25) is 5.15 Å². The van der Waals surface area contributed by atoms with Crippen molar-refractivity contribution < 1.29 is 8.42 Å². The second-order valence-electron chi connectivity index (χ2n) is 3.01. The van der Waals surface area contributed by atoms with E-state index in [0.717, 1.165) is 0 Å². The van der Waals surface area contributed by atoms with Crippen LogP contribution in [0.5, 0.6) is 0 Å². The van der Waals surface area contributed by atoms with E-state index in [0.29, 0.717) is 5.82 Å². The molecule has 0 aromatic carbocycles. The van der Waals surface area contributed by atoms with Crippen molar-refractivity contribution in [1.82, 2.24) is 9.97 Å². The normalized spacial score (nSPS) is 13.5. The number of anilines is 1. The molecule has 15 heavy (non-hydrogen) atoms. The Morgan fingerprint density at radius 2 is 2.27 bits per heavy atom. The van der Waals surface area contributed by atoms with Crippen LogP contribution in [-0.2, 0) is 10.0 Å². The molecule has 1 unspecified atom stereocenters. The van der Waals surface area contributed by atoms with Crippen molar-refractivity contribution in [3.05, 3.63) is 17.5 Å². The van der Waals surface area contributed by atoms with Crippen LogP contribution < -0.4 is 10.5 Å². The van der Waals surface area contributed by atoms with Gasteiger partial charge in [-0.3, -0.25) is 0 Å². The van der Waals surface area contributed by atoms with Gasteiger partial charge in [-0.05, 0) is 6.92 Å². The van der Waals surface area contributed by atoms with E-state index in [1.54, 1.807) is 0 Å². The maximum Gasteiger partial charge on any atom is 0.213 e. The second kappa shape index (κ2) is 4.73. The van der Waals surface area contributed by atoms with Crippen molar-refractivity contribution in [3.63, 3.8) is 0 Å². The lowest BCUT2D eigenvalue weighted by Gasteiger charge is -2.10. The summed E-state index contributed by atoms with van der Waals surface area (Å²) >= 11 is 5.62. The quantitative estimate of drug-likeness (QED) is 0.745. The Balaban J connectivity index is 2.58. The number of nitrogens with one attached hydrogen (secondary N) is 1. The molecule has 0 aliphatic carbocycles. The van der Waals surface area contributed by atoms with Gasteiger partial charge in [-0.25, -0.2) is 23.5 Å². The van der Waals surface area contributed by atoms with Gasteiger partial charge < -0.3 is 5.32 Å². The van der Waals surface area contributed by atoms with E-state index < -0.39 is 15.3 Å². The highest BCUT2D eigenvalue weighted by Gasteiger charge is 2.14. The predicted molar refractivity (Wildman–Crippen MR) is 58.1 cm³/mol. The first-order valence-electron chi connectivity index (χ1n) is 4.12. The highest BCUT2D eigenvalue weighted by molar-refractivity contribution is 7.89. The fourth-order valence-corrected chi connectivity index (χ4v) is 1.26. The number of sulfonamides is 1. The molecule has 0 saturated carbocycles. The fourth-order valence-electron chi connectivity index (χ4n) is 0.795. The fraction of sp³-hybridized carbons (Fsp3) is 0.429. The van der Waals surface area contributed by atoms with Crippen molar-refractivity contribution in [2.24, 2.45) is 5.14 Å². The molecule has 0 saturated heterocycles. The van der Waals surface area contributed by atoms with Crippen LogP contribution in [0.25, 0.3) is 0 Å². The van der Waals surface area contributed by atoms with Crippen LogP contribution >= 0.6 is 11.6 Å². The van der Waals surface area contributed by atoms with Crippen molar-refractivity contribution in [2.75, 3.05) is 11.9 Å². The molecule has 1 atom stereocenters. The minimum absolute atomic E-state index is 0.173. The Kier molecular flexibility index (Phi) is 3.83. The van der Waals surface area contributed by atoms with Crippen LogP contribution in [0, 0.1) is 0 Å². The molecule has 1 heterocycles. The van der Waals surface area contributed by atoms with Crippen molar-refractivity contribution in [3.8, 4) is 0 Å². The topological polar surface area (TPSA) is 98.0 Å². The van der Waals surface area contributed by atoms with Crippen molar-refractivity contribution in [1.29, 1.82) is 0 Å². The van der Waals surface area contributed by atoms with E-state index in [4.69, 9.17) is 16.7 Å². The Morgan fingerprint density at radius 3 is 2.80 bits per heavy atom. The molecule has 1 rings (SSSR count). The van der Waals surface area contributed by atoms with Crippen LogP contribution in [0.15, 0.2) is 12.4 Å². The summed E-state index contributed by atoms with van der Waals surface area (Å²) in [6, 6.07) is 1.50. The highest BCUT2D eigenvalue weighted by atomic mass is 35.5. The predicted octanol–water partition coefficient (Wildman–Crippen LogP) is 0.219. The van der Waals surface area contributed by atoms with Crippen LogP contribution in [0.1, 0.15) is 6.92 Å². The van der Waals surface area contributed by atoms with Gasteiger partial charge in [-0.15, -0.1) is 0 Å². The summed E-state index contributed by atoms with van der Waals surface area (Å²) in [6.45, 7) is 1.68. The number of rotatable bonds is 4. The molecule has 8 heteroatoms. The van der Waals surface area contributed by atoms with E-state index in [1.165, 1.54) is 19.3 Å². The average molecular weight is 251 g/mol. The zero-order valence-electron chi connectivity index (χ0n) is 8.01. The minimum Gasteiger partial charge on any atom is -0.369 e. The standard InChI is InChI=1S/C7H11ClN4O2S/c1-5(15(9,13)14)3-10-7-2-6(8)11-4-12-7/h2,4-5H,3H2,1H3,(H2,9,13,14)(H,10,11,12). The van der Waals surface area contributed by atoms with E-state index in [-0.39, 0.29) is 11.7 Å². The molecule has 6 nitrogen and oxygen atoms in total. The van der Waals surface area contributed by atoms with E-state index in [9.17, 15) is 8.42 Å². The summed E-state index contributed by atoms with van der Waals surface area (Å²) in [5.74, 6) is 0.463. The average Bonchev–Trinajstić information content (AvgIpc) is 2.12. The Hall–Kier alpha value is -0.920. The summed E-state index contributed by atoms with van der Waals surface area (Å²) in [5, 5.41) is 7.34. The van der Waals surface area contributed by atoms with Gasteiger partial charge >= 0.3 is 0 Å². The summed E-state index contributed by atoms with van der Waals surface area (Å²) in [4.78, 5) is 7.54. The lowest BCUT2D eigenvalue weighted by molar-refractivity contribution is 0.587. The largest absolute Gasteiger partial charge is 0.369 e. The highest BCUT2D eigenvalue weighted by Crippen LogP contribution is 2.08. The summed E-state index contributed by atoms with van der Waals surface area (Å²) < 4.78 is 21.8. The number of hydrogen-bond donors (Lipinski definition) is 2. The first-order chi connectivity index (χ1) is 6.89. The summed E-state index contributed by atoms with van der Waals surface area (Å²) in [7, 11) is -3.52. The maximum atomic E-state index is 10.9. The molecular weight excluding hydrogens is 240 g/mol. The third-order valence-electron chi connectivity index (χ3n) is 1.77. The van der Waals surface area contributed by atoms with E-state index >= 15 is 0 Å². The molecular formula is C7H11ClN4O2S. The maximum absolute atomic E-state index is 10.9. The summed E-state index contributed by atoms with van der Waals surface area (Å²) in [5.41, 5.74) is 0. The number of aromatic nitrogens is 2. The molecule has 1 aromatic rings. The summed E-state index contributed by atoms with van der Waals surface area (Å²) in [6.07, 6.45) is 1.28. The van der Waals surface area contributed by atoms with E-state index in [2.05, 4.69) is 15.3 Å². The smallest absolute Gasteiger partial charge is 0.213 e. The van der Waals surface area contributed by atoms with Gasteiger partial charge in [-0.1, -0.05) is 11.6 Å². The second-order valence-corrected chi connectivity index (χ2v) is 5.38. The molecule has 0 amide bonds. The van der Waals surface area contributed by atoms with Gasteiger partial charge in [-0.2, -0.15) is 0 Å². The van der Waals surface area contributed by atoms with Crippen molar-refractivity contribution >= 4 is 27.4 Å². The molecule has 0 bridgehead atoms. The first kappa shape index (κ1) is 12.2. The number of halogens is 1. The van der Waals surface area contributed by atoms with Gasteiger partial charge in [0.25, 0.3) is 0 Å². The molecule has 0 fully saturated rings. The SMILES string of the molecule is CC(CNc1cc(Cl)ncn1)S(N)(=O)=O. The zero-order chi connectivity index (χ0) is 11.5. The Morgan fingerprint density at radius 1 is 1.60 bits per heavy atom. The number of nitrogens with two attached hydrogens (primary N) is 1. The number of nitrogens with zero attached hydrogens (tertiary/aromatic N) is 2. The minimum atomic E-state index is -3.52. The third-order valence-corrected chi connectivity index (χ3v) is 3.26. The third kappa shape index (κ3) is 3.98. The van der Waals surface area contributed by atoms with E-state index in [1.807, 2.05) is 0 Å². The van der Waals surface area contributed by atoms with Gasteiger partial charge in [0.15, 0.2) is 0 Å². The monoisotopic (exact) mass is 250 g/mol. The van der Waals surface area contributed by atoms with Crippen molar-refractivity contribution in [2.45, 2.75) is 12.2 Å². The molecule has 0 spiro atoms. The number of hydrogen-bond acceptors (Lipinski definition) is 5. The molecule has 0 aliphatic rings. The first-order valence-corrected chi connectivity index (χ1v) is 6.11. The molecule has 1 aromatic heterocycles. The lowest BCUT2D eigenvalue weighted by Crippen LogP contribution is -2.31. The van der Waals surface area contributed by atoms with Crippen LogP contribution in [0.3, 0.4) is 0 Å². The molecule has 84 valence electrons. The van der Waals surface area contributed by atoms with Crippen LogP contribution in [0.4, 0.5) is 5.82 Å². The Bertz CT molecular complexity index is 436. The van der Waals surface area contributed by atoms with Gasteiger partial charge in [0.05, 0.1) is 5.25 Å². The zero-order valence-corrected chi connectivity index (χ0v) is 9.59. The molecule has 0 radical (unpaired) electrons. The number of primary sulfonamides is 1. The van der Waals surface area contributed by atoms with Gasteiger partial charge in [0.2, 0.25) is 10.0 Å². The van der Waals surface area contributed by atoms with Gasteiger partial charge in [0.1, 0.15) is 17.3 Å². The molecule has 0 aliphatic heterocycles. The van der Waals surface area contributed by atoms with Crippen LogP contribution in [-0.4, -0.2) is 30.2 Å². The molecule has 3 N–H and O–H groups in total. The van der Waals surface area contributed by atoms with Gasteiger partial charge in [0, 0.05) is 12.6 Å².